The van der Waals surface area contributed by atoms with Gasteiger partial charge in [0.15, 0.2) is 0 Å². The first-order chi connectivity index (χ1) is 14.5. The van der Waals surface area contributed by atoms with Crippen LogP contribution in [0.2, 0.25) is 5.02 Å². The van der Waals surface area contributed by atoms with Crippen LogP contribution in [-0.2, 0) is 24.2 Å². The van der Waals surface area contributed by atoms with E-state index in [2.05, 4.69) is 5.32 Å². The predicted octanol–water partition coefficient (Wildman–Crippen LogP) is 4.71. The van der Waals surface area contributed by atoms with Crippen LogP contribution in [0.25, 0.3) is 0 Å². The SMILES string of the molecule is Cc1ccc(CC(=O)NCc2ccc3c(c2)N(C(=O)c2ccc(Cl)cc2)CC3)cc1. The molecule has 30 heavy (non-hydrogen) atoms. The van der Waals surface area contributed by atoms with Gasteiger partial charge in [-0.1, -0.05) is 53.6 Å². The van der Waals surface area contributed by atoms with Gasteiger partial charge in [-0.05, 0) is 60.4 Å². The van der Waals surface area contributed by atoms with Gasteiger partial charge in [0.25, 0.3) is 5.91 Å². The molecule has 0 aromatic heterocycles. The van der Waals surface area contributed by atoms with E-state index in [1.54, 1.807) is 29.2 Å². The lowest BCUT2D eigenvalue weighted by molar-refractivity contribution is -0.120. The van der Waals surface area contributed by atoms with Crippen molar-refractivity contribution in [2.75, 3.05) is 11.4 Å². The van der Waals surface area contributed by atoms with Crippen LogP contribution >= 0.6 is 11.6 Å². The highest BCUT2D eigenvalue weighted by Crippen LogP contribution is 2.30. The Morgan fingerprint density at radius 1 is 0.967 bits per heavy atom. The van der Waals surface area contributed by atoms with Crippen molar-refractivity contribution in [2.24, 2.45) is 0 Å². The summed E-state index contributed by atoms with van der Waals surface area (Å²) in [7, 11) is 0. The third-order valence-electron chi connectivity index (χ3n) is 5.36. The monoisotopic (exact) mass is 418 g/mol. The van der Waals surface area contributed by atoms with Gasteiger partial charge in [0.1, 0.15) is 0 Å². The minimum atomic E-state index is -0.0361. The first kappa shape index (κ1) is 20.2. The van der Waals surface area contributed by atoms with Crippen molar-refractivity contribution in [1.82, 2.24) is 5.32 Å². The minimum absolute atomic E-state index is 0.0200. The average Bonchev–Trinajstić information content (AvgIpc) is 3.17. The van der Waals surface area contributed by atoms with Crippen molar-refractivity contribution in [3.05, 3.63) is 99.6 Å². The number of carbonyl (C=O) groups excluding carboxylic acids is 2. The summed E-state index contributed by atoms with van der Waals surface area (Å²) >= 11 is 5.94. The Balaban J connectivity index is 1.42. The Bertz CT molecular complexity index is 1080. The van der Waals surface area contributed by atoms with Crippen LogP contribution in [0.15, 0.2) is 66.7 Å². The van der Waals surface area contributed by atoms with Gasteiger partial charge in [0, 0.05) is 29.4 Å². The van der Waals surface area contributed by atoms with Crippen LogP contribution in [0.4, 0.5) is 5.69 Å². The molecular formula is C25H23ClN2O2. The average molecular weight is 419 g/mol. The molecule has 1 N–H and O–H groups in total. The van der Waals surface area contributed by atoms with Gasteiger partial charge in [-0.15, -0.1) is 0 Å². The molecule has 152 valence electrons. The van der Waals surface area contributed by atoms with Gasteiger partial charge in [-0.25, -0.2) is 0 Å². The fourth-order valence-electron chi connectivity index (χ4n) is 3.65. The third-order valence-corrected chi connectivity index (χ3v) is 5.61. The van der Waals surface area contributed by atoms with Gasteiger partial charge in [0.2, 0.25) is 5.91 Å². The summed E-state index contributed by atoms with van der Waals surface area (Å²) in [5, 5.41) is 3.59. The zero-order valence-electron chi connectivity index (χ0n) is 16.8. The van der Waals surface area contributed by atoms with E-state index in [-0.39, 0.29) is 11.8 Å². The molecule has 4 nitrogen and oxygen atoms in total. The molecule has 3 aromatic carbocycles. The quantitative estimate of drug-likeness (QED) is 0.652. The van der Waals surface area contributed by atoms with Crippen molar-refractivity contribution < 1.29 is 9.59 Å². The molecule has 4 rings (SSSR count). The second-order valence-electron chi connectivity index (χ2n) is 7.62. The highest BCUT2D eigenvalue weighted by atomic mass is 35.5. The van der Waals surface area contributed by atoms with Crippen molar-refractivity contribution in [1.29, 1.82) is 0 Å². The minimum Gasteiger partial charge on any atom is -0.352 e. The van der Waals surface area contributed by atoms with E-state index in [0.29, 0.717) is 30.1 Å². The van der Waals surface area contributed by atoms with E-state index in [1.165, 1.54) is 5.56 Å². The van der Waals surface area contributed by atoms with Crippen molar-refractivity contribution in [3.63, 3.8) is 0 Å². The number of aryl methyl sites for hydroxylation is 1. The summed E-state index contributed by atoms with van der Waals surface area (Å²) in [6.45, 7) is 3.11. The number of hydrogen-bond donors (Lipinski definition) is 1. The van der Waals surface area contributed by atoms with Crippen LogP contribution < -0.4 is 10.2 Å². The summed E-state index contributed by atoms with van der Waals surface area (Å²) in [5.74, 6) is -0.0561. The maximum atomic E-state index is 12.9. The fourth-order valence-corrected chi connectivity index (χ4v) is 3.77. The molecule has 0 saturated carbocycles. The van der Waals surface area contributed by atoms with Crippen molar-refractivity contribution >= 4 is 29.1 Å². The van der Waals surface area contributed by atoms with Crippen LogP contribution in [-0.4, -0.2) is 18.4 Å². The molecule has 0 aliphatic carbocycles. The van der Waals surface area contributed by atoms with Crippen LogP contribution in [0, 0.1) is 6.92 Å². The second kappa shape index (κ2) is 8.72. The van der Waals surface area contributed by atoms with E-state index in [1.807, 2.05) is 49.4 Å². The molecule has 0 saturated heterocycles. The summed E-state index contributed by atoms with van der Waals surface area (Å²) in [6, 6.07) is 21.0. The Hall–Kier alpha value is -3.11. The Morgan fingerprint density at radius 3 is 2.40 bits per heavy atom. The predicted molar refractivity (Wildman–Crippen MR) is 120 cm³/mol. The number of benzene rings is 3. The van der Waals surface area contributed by atoms with Crippen LogP contribution in [0.1, 0.15) is 32.6 Å². The Morgan fingerprint density at radius 2 is 1.67 bits per heavy atom. The molecule has 0 fully saturated rings. The molecule has 1 aliphatic rings. The van der Waals surface area contributed by atoms with Crippen molar-refractivity contribution in [3.8, 4) is 0 Å². The number of fused-ring (bicyclic) bond motifs is 1. The highest BCUT2D eigenvalue weighted by molar-refractivity contribution is 6.30. The van der Waals surface area contributed by atoms with Gasteiger partial charge < -0.3 is 10.2 Å². The maximum Gasteiger partial charge on any atom is 0.258 e. The molecule has 3 aromatic rings. The highest BCUT2D eigenvalue weighted by Gasteiger charge is 2.25. The number of rotatable bonds is 5. The Labute approximate surface area is 181 Å². The largest absolute Gasteiger partial charge is 0.352 e. The molecule has 0 radical (unpaired) electrons. The summed E-state index contributed by atoms with van der Waals surface area (Å²) in [5.41, 5.74) is 5.82. The van der Waals surface area contributed by atoms with E-state index in [0.717, 1.165) is 28.8 Å². The lowest BCUT2D eigenvalue weighted by Crippen LogP contribution is -2.29. The summed E-state index contributed by atoms with van der Waals surface area (Å²) in [6.07, 6.45) is 1.18. The number of amides is 2. The van der Waals surface area contributed by atoms with E-state index < -0.39 is 0 Å². The molecule has 0 spiro atoms. The maximum absolute atomic E-state index is 12.9. The zero-order chi connectivity index (χ0) is 21.1. The summed E-state index contributed by atoms with van der Waals surface area (Å²) in [4.78, 5) is 27.0. The molecule has 0 atom stereocenters. The molecule has 2 amide bonds. The number of carbonyl (C=O) groups is 2. The van der Waals surface area contributed by atoms with Gasteiger partial charge in [-0.2, -0.15) is 0 Å². The van der Waals surface area contributed by atoms with Gasteiger partial charge >= 0.3 is 0 Å². The molecule has 5 heteroatoms. The number of nitrogens with zero attached hydrogens (tertiary/aromatic N) is 1. The van der Waals surface area contributed by atoms with Crippen LogP contribution in [0.3, 0.4) is 0 Å². The number of halogens is 1. The standard InChI is InChI=1S/C25H23ClN2O2/c1-17-2-4-18(5-3-17)15-24(29)27-16-19-6-7-20-12-13-28(23(20)14-19)25(30)21-8-10-22(26)11-9-21/h2-11,14H,12-13,15-16H2,1H3,(H,27,29). The number of hydrogen-bond acceptors (Lipinski definition) is 2. The smallest absolute Gasteiger partial charge is 0.258 e. The number of nitrogens with one attached hydrogen (secondary N) is 1. The number of anilines is 1. The topological polar surface area (TPSA) is 49.4 Å². The van der Waals surface area contributed by atoms with E-state index >= 15 is 0 Å². The van der Waals surface area contributed by atoms with Gasteiger partial charge in [-0.3, -0.25) is 9.59 Å². The summed E-state index contributed by atoms with van der Waals surface area (Å²) < 4.78 is 0. The van der Waals surface area contributed by atoms with Gasteiger partial charge in [0.05, 0.1) is 6.42 Å². The molecule has 0 unspecified atom stereocenters. The third kappa shape index (κ3) is 4.55. The van der Waals surface area contributed by atoms with Crippen LogP contribution in [0.5, 0.6) is 0 Å². The lowest BCUT2D eigenvalue weighted by Gasteiger charge is -2.18. The molecule has 1 heterocycles. The zero-order valence-corrected chi connectivity index (χ0v) is 17.6. The first-order valence-corrected chi connectivity index (χ1v) is 10.4. The molecule has 1 aliphatic heterocycles. The van der Waals surface area contributed by atoms with Crippen molar-refractivity contribution in [2.45, 2.75) is 26.3 Å². The molecule has 0 bridgehead atoms. The van der Waals surface area contributed by atoms with E-state index in [4.69, 9.17) is 11.6 Å². The first-order valence-electron chi connectivity index (χ1n) is 10.0. The second-order valence-corrected chi connectivity index (χ2v) is 8.05. The Kier molecular flexibility index (Phi) is 5.86. The normalized spacial score (nSPS) is 12.5. The van der Waals surface area contributed by atoms with E-state index in [9.17, 15) is 9.59 Å². The fraction of sp³-hybridized carbons (Fsp3) is 0.200. The lowest BCUT2D eigenvalue weighted by atomic mass is 10.1. The molecular weight excluding hydrogens is 396 g/mol.